The van der Waals surface area contributed by atoms with Gasteiger partial charge in [0.2, 0.25) is 0 Å². The molecule has 1 aromatic rings. The second-order valence-electron chi connectivity index (χ2n) is 4.44. The molecule has 1 aliphatic rings. The Labute approximate surface area is 127 Å². The number of carbonyl (C=O) groups excluding carboxylic acids is 2. The Balaban J connectivity index is 2.35. The first-order valence-corrected chi connectivity index (χ1v) is 7.39. The molecule has 21 heavy (non-hydrogen) atoms. The first-order chi connectivity index (χ1) is 10.1. The number of hydrogen-bond donors (Lipinski definition) is 0. The summed E-state index contributed by atoms with van der Waals surface area (Å²) in [5.74, 6) is 1.03. The predicted molar refractivity (Wildman–Crippen MR) is 82.5 cm³/mol. The monoisotopic (exact) mass is 307 g/mol. The van der Waals surface area contributed by atoms with Crippen molar-refractivity contribution in [1.82, 2.24) is 4.90 Å². The second kappa shape index (κ2) is 6.67. The minimum atomic E-state index is -0.253. The van der Waals surface area contributed by atoms with Gasteiger partial charge in [-0.3, -0.25) is 14.5 Å². The minimum Gasteiger partial charge on any atom is -0.497 e. The summed E-state index contributed by atoms with van der Waals surface area (Å²) in [5, 5.41) is -0.227. The zero-order valence-corrected chi connectivity index (χ0v) is 13.0. The molecule has 112 valence electrons. The lowest BCUT2D eigenvalue weighted by atomic mass is 10.1. The highest BCUT2D eigenvalue weighted by atomic mass is 32.2. The van der Waals surface area contributed by atoms with Crippen LogP contribution in [0, 0.1) is 0 Å². The van der Waals surface area contributed by atoms with Crippen LogP contribution in [0.15, 0.2) is 23.1 Å². The van der Waals surface area contributed by atoms with Gasteiger partial charge in [0.1, 0.15) is 11.5 Å². The van der Waals surface area contributed by atoms with Gasteiger partial charge in [0.05, 0.1) is 19.1 Å². The summed E-state index contributed by atoms with van der Waals surface area (Å²) in [6, 6.07) is 5.31. The molecule has 0 atom stereocenters. The van der Waals surface area contributed by atoms with E-state index >= 15 is 0 Å². The van der Waals surface area contributed by atoms with Crippen LogP contribution in [-0.4, -0.2) is 36.8 Å². The van der Waals surface area contributed by atoms with Gasteiger partial charge in [0.25, 0.3) is 11.1 Å². The molecule has 1 aliphatic heterocycles. The molecule has 0 spiro atoms. The molecule has 1 heterocycles. The average molecular weight is 307 g/mol. The molecule has 1 aromatic carbocycles. The van der Waals surface area contributed by atoms with Gasteiger partial charge in [-0.2, -0.15) is 0 Å². The maximum Gasteiger partial charge on any atom is 0.293 e. The fourth-order valence-corrected chi connectivity index (χ4v) is 2.87. The van der Waals surface area contributed by atoms with Gasteiger partial charge < -0.3 is 9.47 Å². The van der Waals surface area contributed by atoms with E-state index in [1.807, 2.05) is 6.92 Å². The van der Waals surface area contributed by atoms with Crippen molar-refractivity contribution < 1.29 is 19.1 Å². The van der Waals surface area contributed by atoms with E-state index in [1.165, 1.54) is 4.90 Å². The highest BCUT2D eigenvalue weighted by Gasteiger charge is 2.34. The van der Waals surface area contributed by atoms with Crippen molar-refractivity contribution in [2.24, 2.45) is 0 Å². The fraction of sp³-hybridized carbons (Fsp3) is 0.333. The van der Waals surface area contributed by atoms with Crippen molar-refractivity contribution >= 4 is 29.0 Å². The lowest BCUT2D eigenvalue weighted by molar-refractivity contribution is -0.122. The summed E-state index contributed by atoms with van der Waals surface area (Å²) < 4.78 is 10.4. The van der Waals surface area contributed by atoms with Crippen molar-refractivity contribution in [2.75, 3.05) is 20.8 Å². The van der Waals surface area contributed by atoms with Gasteiger partial charge in [0, 0.05) is 12.1 Å². The van der Waals surface area contributed by atoms with Crippen LogP contribution in [0.4, 0.5) is 4.79 Å². The molecule has 1 fully saturated rings. The van der Waals surface area contributed by atoms with Crippen molar-refractivity contribution in [3.63, 3.8) is 0 Å². The van der Waals surface area contributed by atoms with Crippen LogP contribution in [-0.2, 0) is 4.79 Å². The first kappa shape index (κ1) is 15.4. The highest BCUT2D eigenvalue weighted by Crippen LogP contribution is 2.35. The fourth-order valence-electron chi connectivity index (χ4n) is 2.01. The van der Waals surface area contributed by atoms with Crippen LogP contribution in [0.5, 0.6) is 11.5 Å². The van der Waals surface area contributed by atoms with Crippen molar-refractivity contribution in [2.45, 2.75) is 13.3 Å². The Hall–Kier alpha value is -1.95. The third-order valence-electron chi connectivity index (χ3n) is 3.04. The van der Waals surface area contributed by atoms with Crippen LogP contribution >= 0.6 is 11.8 Å². The Bertz CT molecular complexity index is 597. The lowest BCUT2D eigenvalue weighted by Crippen LogP contribution is -2.28. The van der Waals surface area contributed by atoms with Crippen LogP contribution in [0.3, 0.4) is 0 Å². The summed E-state index contributed by atoms with van der Waals surface area (Å²) in [6.07, 6.45) is 2.41. The Kier molecular flexibility index (Phi) is 4.90. The summed E-state index contributed by atoms with van der Waals surface area (Å²) >= 11 is 0.951. The second-order valence-corrected chi connectivity index (χ2v) is 5.43. The van der Waals surface area contributed by atoms with Crippen molar-refractivity contribution in [1.29, 1.82) is 0 Å². The number of benzene rings is 1. The van der Waals surface area contributed by atoms with E-state index in [-0.39, 0.29) is 11.1 Å². The largest absolute Gasteiger partial charge is 0.497 e. The van der Waals surface area contributed by atoms with Crippen LogP contribution in [0.2, 0.25) is 0 Å². The average Bonchev–Trinajstić information content (AvgIpc) is 2.75. The SMILES string of the molecule is CCCN1C(=O)S/C(=C/c2cc(OC)ccc2OC)C1=O. The number of imide groups is 1. The maximum absolute atomic E-state index is 12.2. The summed E-state index contributed by atoms with van der Waals surface area (Å²) in [5.41, 5.74) is 0.707. The zero-order valence-electron chi connectivity index (χ0n) is 12.2. The molecule has 0 unspecified atom stereocenters. The minimum absolute atomic E-state index is 0.227. The molecular formula is C15H17NO4S. The number of methoxy groups -OCH3 is 2. The molecule has 0 saturated carbocycles. The Morgan fingerprint density at radius 1 is 1.24 bits per heavy atom. The van der Waals surface area contributed by atoms with E-state index in [4.69, 9.17) is 9.47 Å². The number of carbonyl (C=O) groups is 2. The first-order valence-electron chi connectivity index (χ1n) is 6.58. The van der Waals surface area contributed by atoms with Crippen LogP contribution in [0.25, 0.3) is 6.08 Å². The summed E-state index contributed by atoms with van der Waals surface area (Å²) in [7, 11) is 3.13. The highest BCUT2D eigenvalue weighted by molar-refractivity contribution is 8.18. The van der Waals surface area contributed by atoms with E-state index in [2.05, 4.69) is 0 Å². The molecule has 1 saturated heterocycles. The summed E-state index contributed by atoms with van der Waals surface area (Å²) in [6.45, 7) is 2.37. The summed E-state index contributed by atoms with van der Waals surface area (Å²) in [4.78, 5) is 25.7. The zero-order chi connectivity index (χ0) is 15.4. The normalized spacial score (nSPS) is 16.7. The van der Waals surface area contributed by atoms with Crippen LogP contribution in [0.1, 0.15) is 18.9 Å². The van der Waals surface area contributed by atoms with Gasteiger partial charge in [-0.15, -0.1) is 0 Å². The number of hydrogen-bond acceptors (Lipinski definition) is 5. The Morgan fingerprint density at radius 3 is 2.62 bits per heavy atom. The number of thioether (sulfide) groups is 1. The predicted octanol–water partition coefficient (Wildman–Crippen LogP) is 3.15. The molecule has 5 nitrogen and oxygen atoms in total. The van der Waals surface area contributed by atoms with Gasteiger partial charge >= 0.3 is 0 Å². The molecule has 6 heteroatoms. The number of rotatable bonds is 5. The van der Waals surface area contributed by atoms with Gasteiger partial charge in [0.15, 0.2) is 0 Å². The van der Waals surface area contributed by atoms with Crippen molar-refractivity contribution in [3.8, 4) is 11.5 Å². The number of nitrogens with zero attached hydrogens (tertiary/aromatic N) is 1. The molecule has 0 aliphatic carbocycles. The van der Waals surface area contributed by atoms with Crippen molar-refractivity contribution in [3.05, 3.63) is 28.7 Å². The molecule has 0 N–H and O–H groups in total. The maximum atomic E-state index is 12.2. The standard InChI is InChI=1S/C15H17NO4S/c1-4-7-16-14(17)13(21-15(16)18)9-10-8-11(19-2)5-6-12(10)20-3/h5-6,8-9H,4,7H2,1-3H3/b13-9+. The van der Waals surface area contributed by atoms with Gasteiger partial charge in [-0.25, -0.2) is 0 Å². The third-order valence-corrected chi connectivity index (χ3v) is 3.95. The van der Waals surface area contributed by atoms with Crippen LogP contribution < -0.4 is 9.47 Å². The quantitative estimate of drug-likeness (QED) is 0.782. The molecule has 0 radical (unpaired) electrons. The number of amides is 2. The number of ether oxygens (including phenoxy) is 2. The topological polar surface area (TPSA) is 55.8 Å². The van der Waals surface area contributed by atoms with E-state index in [0.29, 0.717) is 28.5 Å². The van der Waals surface area contributed by atoms with Gasteiger partial charge in [-0.05, 0) is 42.5 Å². The molecule has 0 bridgehead atoms. The van der Waals surface area contributed by atoms with Gasteiger partial charge in [-0.1, -0.05) is 6.92 Å². The van der Waals surface area contributed by atoms with E-state index in [9.17, 15) is 9.59 Å². The third kappa shape index (κ3) is 3.21. The molecular weight excluding hydrogens is 290 g/mol. The van der Waals surface area contributed by atoms with E-state index in [0.717, 1.165) is 18.2 Å². The molecule has 2 amide bonds. The molecule has 0 aromatic heterocycles. The molecule has 2 rings (SSSR count). The van der Waals surface area contributed by atoms with E-state index < -0.39 is 0 Å². The lowest BCUT2D eigenvalue weighted by Gasteiger charge is -2.10. The van der Waals surface area contributed by atoms with E-state index in [1.54, 1.807) is 38.5 Å². The Morgan fingerprint density at radius 2 is 2.00 bits per heavy atom. The smallest absolute Gasteiger partial charge is 0.293 e.